The van der Waals surface area contributed by atoms with Gasteiger partial charge in [0, 0.05) is 0 Å². The van der Waals surface area contributed by atoms with Crippen LogP contribution in [0, 0.1) is 22.2 Å². The van der Waals surface area contributed by atoms with Crippen LogP contribution >= 0.6 is 0 Å². The van der Waals surface area contributed by atoms with Crippen LogP contribution in [0.5, 0.6) is 0 Å². The van der Waals surface area contributed by atoms with E-state index in [0.29, 0.717) is 6.42 Å². The highest BCUT2D eigenvalue weighted by atomic mass is 17.1. The van der Waals surface area contributed by atoms with Crippen LogP contribution in [0.25, 0.3) is 0 Å². The Morgan fingerprint density at radius 1 is 1.06 bits per heavy atom. The van der Waals surface area contributed by atoms with Crippen molar-refractivity contribution in [3.8, 4) is 0 Å². The van der Waals surface area contributed by atoms with Crippen molar-refractivity contribution in [2.45, 2.75) is 61.8 Å². The molecule has 1 N–H and O–H groups in total. The Labute approximate surface area is 105 Å². The molecular formula is C14H28O3. The van der Waals surface area contributed by atoms with Gasteiger partial charge in [0.05, 0.1) is 5.92 Å². The molecule has 1 atom stereocenters. The molecular weight excluding hydrogens is 216 g/mol. The fraction of sp³-hybridized carbons (Fsp3) is 0.929. The van der Waals surface area contributed by atoms with Gasteiger partial charge in [0.25, 0.3) is 0 Å². The lowest BCUT2D eigenvalue weighted by Gasteiger charge is -2.45. The molecule has 0 bridgehead atoms. The Morgan fingerprint density at radius 2 is 1.47 bits per heavy atom. The smallest absolute Gasteiger partial charge is 0.301 e. The molecule has 3 nitrogen and oxygen atoms in total. The summed E-state index contributed by atoms with van der Waals surface area (Å²) in [5.41, 5.74) is -0.279. The summed E-state index contributed by atoms with van der Waals surface area (Å²) in [4.78, 5) is 15.8. The lowest BCUT2D eigenvalue weighted by molar-refractivity contribution is -0.245. The highest BCUT2D eigenvalue weighted by molar-refractivity contribution is 5.72. The zero-order chi connectivity index (χ0) is 14.1. The molecule has 0 aromatic rings. The van der Waals surface area contributed by atoms with Gasteiger partial charge in [-0.2, -0.15) is 5.26 Å². The summed E-state index contributed by atoms with van der Waals surface area (Å²) in [6, 6.07) is 0. The van der Waals surface area contributed by atoms with Gasteiger partial charge in [-0.05, 0) is 22.7 Å². The summed E-state index contributed by atoms with van der Waals surface area (Å²) in [5, 5.41) is 8.68. The van der Waals surface area contributed by atoms with E-state index in [1.54, 1.807) is 0 Å². The van der Waals surface area contributed by atoms with E-state index in [9.17, 15) is 4.79 Å². The summed E-state index contributed by atoms with van der Waals surface area (Å²) in [7, 11) is 0. The Balaban J connectivity index is 5.27. The first kappa shape index (κ1) is 16.4. The minimum Gasteiger partial charge on any atom is -0.301 e. The van der Waals surface area contributed by atoms with Gasteiger partial charge in [-0.1, -0.05) is 55.4 Å². The monoisotopic (exact) mass is 244 g/mol. The Kier molecular flexibility index (Phi) is 4.80. The molecule has 0 saturated heterocycles. The van der Waals surface area contributed by atoms with Crippen LogP contribution in [0.4, 0.5) is 0 Å². The molecule has 0 aliphatic heterocycles. The number of hydrogen-bond donors (Lipinski definition) is 1. The van der Waals surface area contributed by atoms with E-state index in [-0.39, 0.29) is 22.2 Å². The molecule has 3 heteroatoms. The van der Waals surface area contributed by atoms with Gasteiger partial charge in [0.1, 0.15) is 0 Å². The maximum absolute atomic E-state index is 11.8. The summed E-state index contributed by atoms with van der Waals surface area (Å²) in [5.74, 6) is -0.840. The molecule has 0 heterocycles. The number of carbonyl (C=O) groups excluding carboxylic acids is 1. The number of rotatable bonds is 3. The molecule has 0 radical (unpaired) electrons. The molecule has 0 aromatic carbocycles. The third-order valence-electron chi connectivity index (χ3n) is 4.00. The summed E-state index contributed by atoms with van der Waals surface area (Å²) in [6.45, 7) is 16.7. The molecule has 0 spiro atoms. The van der Waals surface area contributed by atoms with Crippen LogP contribution in [-0.4, -0.2) is 11.2 Å². The predicted octanol–water partition coefficient (Wildman–Crippen LogP) is 4.13. The normalized spacial score (nSPS) is 15.6. The Hall–Kier alpha value is -0.570. The molecule has 102 valence electrons. The third kappa shape index (κ3) is 4.30. The highest BCUT2D eigenvalue weighted by Crippen LogP contribution is 2.48. The van der Waals surface area contributed by atoms with Gasteiger partial charge in [0.2, 0.25) is 0 Å². The second-order valence-electron chi connectivity index (χ2n) is 7.70. The fourth-order valence-corrected chi connectivity index (χ4v) is 1.83. The van der Waals surface area contributed by atoms with E-state index in [0.717, 1.165) is 0 Å². The molecule has 1 unspecified atom stereocenters. The van der Waals surface area contributed by atoms with Gasteiger partial charge in [-0.15, -0.1) is 0 Å². The van der Waals surface area contributed by atoms with Crippen molar-refractivity contribution in [1.29, 1.82) is 0 Å². The predicted molar refractivity (Wildman–Crippen MR) is 69.5 cm³/mol. The van der Waals surface area contributed by atoms with Crippen molar-refractivity contribution in [1.82, 2.24) is 0 Å². The molecule has 17 heavy (non-hydrogen) atoms. The Morgan fingerprint density at radius 3 is 1.71 bits per heavy atom. The van der Waals surface area contributed by atoms with E-state index in [1.807, 2.05) is 0 Å². The topological polar surface area (TPSA) is 46.5 Å². The van der Waals surface area contributed by atoms with Gasteiger partial charge < -0.3 is 4.89 Å². The molecule has 0 amide bonds. The summed E-state index contributed by atoms with van der Waals surface area (Å²) >= 11 is 0. The van der Waals surface area contributed by atoms with Gasteiger partial charge in [-0.3, -0.25) is 0 Å². The summed E-state index contributed by atoms with van der Waals surface area (Å²) in [6.07, 6.45) is 0.691. The molecule has 0 aliphatic rings. The average Bonchev–Trinajstić information content (AvgIpc) is 2.09. The van der Waals surface area contributed by atoms with Crippen molar-refractivity contribution >= 4 is 5.97 Å². The lowest BCUT2D eigenvalue weighted by Crippen LogP contribution is -2.43. The molecule has 0 aliphatic carbocycles. The largest absolute Gasteiger partial charge is 0.345 e. The number of hydrogen-bond acceptors (Lipinski definition) is 3. The first-order valence-electron chi connectivity index (χ1n) is 6.18. The highest BCUT2D eigenvalue weighted by Gasteiger charge is 2.46. The van der Waals surface area contributed by atoms with Crippen LogP contribution in [0.1, 0.15) is 61.8 Å². The van der Waals surface area contributed by atoms with E-state index >= 15 is 0 Å². The van der Waals surface area contributed by atoms with Crippen LogP contribution in [0.15, 0.2) is 0 Å². The van der Waals surface area contributed by atoms with Crippen molar-refractivity contribution < 1.29 is 14.9 Å². The minimum atomic E-state index is -0.528. The molecule has 0 saturated carbocycles. The average molecular weight is 244 g/mol. The maximum Gasteiger partial charge on any atom is 0.345 e. The minimum absolute atomic E-state index is 0.0153. The molecule has 0 rings (SSSR count). The van der Waals surface area contributed by atoms with Crippen molar-refractivity contribution in [2.24, 2.45) is 22.2 Å². The molecule has 0 fully saturated rings. The number of carbonyl (C=O) groups is 1. The zero-order valence-electron chi connectivity index (χ0n) is 12.5. The standard InChI is InChI=1S/C14H28O3/c1-12(2,3)9-10(11(15)17-16)14(7,8)13(4,5)6/h10,16H,9H2,1-8H3. The first-order valence-corrected chi connectivity index (χ1v) is 6.18. The van der Waals surface area contributed by atoms with E-state index in [4.69, 9.17) is 5.26 Å². The van der Waals surface area contributed by atoms with Crippen LogP contribution in [0.3, 0.4) is 0 Å². The lowest BCUT2D eigenvalue weighted by atomic mass is 9.59. The fourth-order valence-electron chi connectivity index (χ4n) is 1.83. The van der Waals surface area contributed by atoms with E-state index < -0.39 is 5.97 Å². The van der Waals surface area contributed by atoms with Crippen LogP contribution in [0.2, 0.25) is 0 Å². The Bertz CT molecular complexity index is 266. The second-order valence-corrected chi connectivity index (χ2v) is 7.70. The quantitative estimate of drug-likeness (QED) is 0.600. The van der Waals surface area contributed by atoms with Crippen molar-refractivity contribution in [3.05, 3.63) is 0 Å². The second kappa shape index (κ2) is 4.97. The zero-order valence-corrected chi connectivity index (χ0v) is 12.5. The third-order valence-corrected chi connectivity index (χ3v) is 4.00. The van der Waals surface area contributed by atoms with Crippen molar-refractivity contribution in [3.63, 3.8) is 0 Å². The van der Waals surface area contributed by atoms with Crippen LogP contribution < -0.4 is 0 Å². The van der Waals surface area contributed by atoms with Gasteiger partial charge in [-0.25, -0.2) is 4.79 Å². The SMILES string of the molecule is CC(C)(C)CC(C(=O)OO)C(C)(C)C(C)(C)C. The van der Waals surface area contributed by atoms with Gasteiger partial charge >= 0.3 is 5.97 Å². The van der Waals surface area contributed by atoms with Crippen LogP contribution in [-0.2, 0) is 9.68 Å². The molecule has 0 aromatic heterocycles. The van der Waals surface area contributed by atoms with E-state index in [2.05, 4.69) is 60.3 Å². The summed E-state index contributed by atoms with van der Waals surface area (Å²) < 4.78 is 0. The maximum atomic E-state index is 11.8. The van der Waals surface area contributed by atoms with Crippen molar-refractivity contribution in [2.75, 3.05) is 0 Å². The first-order chi connectivity index (χ1) is 7.33. The van der Waals surface area contributed by atoms with E-state index in [1.165, 1.54) is 0 Å². The van der Waals surface area contributed by atoms with Gasteiger partial charge in [0.15, 0.2) is 0 Å².